The fourth-order valence-electron chi connectivity index (χ4n) is 3.58. The average Bonchev–Trinajstić information content (AvgIpc) is 3.28. The number of nitrogens with zero attached hydrogens (tertiary/aromatic N) is 4. The highest BCUT2D eigenvalue weighted by Crippen LogP contribution is 2.27. The van der Waals surface area contributed by atoms with Gasteiger partial charge in [-0.05, 0) is 24.5 Å². The maximum atomic E-state index is 14.5. The number of methoxy groups -OCH3 is 1. The summed E-state index contributed by atoms with van der Waals surface area (Å²) in [5, 5.41) is 22.5. The zero-order chi connectivity index (χ0) is 21.3. The number of phenols is 1. The number of hydrogen-bond acceptors (Lipinski definition) is 7. The normalized spacial score (nSPS) is 16.7. The molecule has 3 aromatic rings. The lowest BCUT2D eigenvalue weighted by Crippen LogP contribution is -2.21. The number of benzene rings is 1. The van der Waals surface area contributed by atoms with Crippen LogP contribution in [0.5, 0.6) is 11.5 Å². The zero-order valence-corrected chi connectivity index (χ0v) is 16.8. The Balaban J connectivity index is 1.58. The summed E-state index contributed by atoms with van der Waals surface area (Å²) in [6.07, 6.45) is 5.28. The quantitative estimate of drug-likeness (QED) is 0.572. The summed E-state index contributed by atoms with van der Waals surface area (Å²) >= 11 is 0. The van der Waals surface area contributed by atoms with Gasteiger partial charge in [0, 0.05) is 55.9 Å². The minimum atomic E-state index is -0.549. The van der Waals surface area contributed by atoms with Crippen LogP contribution in [-0.2, 0) is 6.54 Å². The molecule has 8 nitrogen and oxygen atoms in total. The van der Waals surface area contributed by atoms with E-state index in [-0.39, 0.29) is 23.6 Å². The van der Waals surface area contributed by atoms with Gasteiger partial charge in [-0.3, -0.25) is 4.90 Å². The van der Waals surface area contributed by atoms with Crippen molar-refractivity contribution in [2.24, 2.45) is 0 Å². The van der Waals surface area contributed by atoms with Crippen LogP contribution in [0.3, 0.4) is 0 Å². The van der Waals surface area contributed by atoms with E-state index in [4.69, 9.17) is 4.74 Å². The third-order valence-corrected chi connectivity index (χ3v) is 5.13. The van der Waals surface area contributed by atoms with E-state index >= 15 is 0 Å². The van der Waals surface area contributed by atoms with E-state index < -0.39 is 5.82 Å². The van der Waals surface area contributed by atoms with Gasteiger partial charge in [0.25, 0.3) is 0 Å². The van der Waals surface area contributed by atoms with Crippen molar-refractivity contribution >= 4 is 11.6 Å². The Kier molecular flexibility index (Phi) is 5.56. The van der Waals surface area contributed by atoms with Gasteiger partial charge in [0.15, 0.2) is 11.6 Å². The molecule has 1 aliphatic rings. The highest BCUT2D eigenvalue weighted by atomic mass is 19.1. The number of aromatic nitrogens is 3. The van der Waals surface area contributed by atoms with Crippen molar-refractivity contribution in [3.8, 4) is 17.3 Å². The van der Waals surface area contributed by atoms with Crippen LogP contribution in [0.1, 0.15) is 17.5 Å². The fourth-order valence-corrected chi connectivity index (χ4v) is 3.58. The topological polar surface area (TPSA) is 95.7 Å². The summed E-state index contributed by atoms with van der Waals surface area (Å²) in [7, 11) is 1.50. The van der Waals surface area contributed by atoms with Gasteiger partial charge in [0.2, 0.25) is 5.95 Å². The number of β-amino-alcohol motifs (C(OH)–C–C–N with tert-alkyl or cyclic N) is 1. The van der Waals surface area contributed by atoms with E-state index in [1.807, 2.05) is 19.3 Å². The van der Waals surface area contributed by atoms with Crippen LogP contribution in [0.4, 0.5) is 16.0 Å². The first kappa shape index (κ1) is 20.1. The Hall–Kier alpha value is -3.17. The molecule has 9 heteroatoms. The molecule has 158 valence electrons. The highest BCUT2D eigenvalue weighted by molar-refractivity contribution is 5.59. The lowest BCUT2D eigenvalue weighted by atomic mass is 10.2. The number of ether oxygens (including phenoxy) is 1. The van der Waals surface area contributed by atoms with Crippen molar-refractivity contribution in [1.82, 2.24) is 19.4 Å². The number of likely N-dealkylation sites (tertiary alicyclic amines) is 1. The third-order valence-electron chi connectivity index (χ3n) is 5.13. The van der Waals surface area contributed by atoms with Gasteiger partial charge in [-0.1, -0.05) is 0 Å². The molecule has 1 atom stereocenters. The van der Waals surface area contributed by atoms with Crippen molar-refractivity contribution in [2.45, 2.75) is 26.0 Å². The molecule has 0 amide bonds. The third kappa shape index (κ3) is 4.37. The number of nitrogens with one attached hydrogen (secondary N) is 1. The SMILES string of the molecule is COc1cc(O)cc(Nc2ncc(F)c(-n3cc(C)c(CN4CC[C@@H](O)C4)c3)n2)c1. The second kappa shape index (κ2) is 8.29. The lowest BCUT2D eigenvalue weighted by Gasteiger charge is -2.14. The zero-order valence-electron chi connectivity index (χ0n) is 16.8. The number of hydrogen-bond donors (Lipinski definition) is 3. The first-order chi connectivity index (χ1) is 14.4. The van der Waals surface area contributed by atoms with E-state index in [1.54, 1.807) is 10.6 Å². The molecule has 30 heavy (non-hydrogen) atoms. The molecule has 1 saturated heterocycles. The van der Waals surface area contributed by atoms with E-state index in [0.717, 1.165) is 30.3 Å². The molecule has 0 aliphatic carbocycles. The maximum absolute atomic E-state index is 14.5. The van der Waals surface area contributed by atoms with Gasteiger partial charge in [0.05, 0.1) is 19.4 Å². The van der Waals surface area contributed by atoms with Crippen molar-refractivity contribution < 1.29 is 19.3 Å². The van der Waals surface area contributed by atoms with Crippen molar-refractivity contribution in [1.29, 1.82) is 0 Å². The largest absolute Gasteiger partial charge is 0.508 e. The van der Waals surface area contributed by atoms with Crippen molar-refractivity contribution in [3.05, 3.63) is 53.7 Å². The van der Waals surface area contributed by atoms with Gasteiger partial charge in [-0.25, -0.2) is 9.37 Å². The molecule has 0 radical (unpaired) electrons. The summed E-state index contributed by atoms with van der Waals surface area (Å²) < 4.78 is 21.3. The van der Waals surface area contributed by atoms with Gasteiger partial charge in [-0.15, -0.1) is 0 Å². The van der Waals surface area contributed by atoms with Gasteiger partial charge in [-0.2, -0.15) is 4.98 Å². The van der Waals surface area contributed by atoms with Crippen molar-refractivity contribution in [3.63, 3.8) is 0 Å². The van der Waals surface area contributed by atoms with Gasteiger partial charge in [0.1, 0.15) is 11.5 Å². The Morgan fingerprint density at radius 3 is 2.87 bits per heavy atom. The van der Waals surface area contributed by atoms with Gasteiger partial charge >= 0.3 is 0 Å². The predicted molar refractivity (Wildman–Crippen MR) is 110 cm³/mol. The summed E-state index contributed by atoms with van der Waals surface area (Å²) in [5.74, 6) is 0.256. The fraction of sp³-hybridized carbons (Fsp3) is 0.333. The molecule has 3 heterocycles. The van der Waals surface area contributed by atoms with Crippen LogP contribution >= 0.6 is 0 Å². The molecule has 0 bridgehead atoms. The number of halogens is 1. The number of anilines is 2. The van der Waals surface area contributed by atoms with Crippen molar-refractivity contribution in [2.75, 3.05) is 25.5 Å². The molecule has 4 rings (SSSR count). The Labute approximate surface area is 173 Å². The van der Waals surface area contributed by atoms with E-state index in [1.165, 1.54) is 19.2 Å². The minimum absolute atomic E-state index is 0.0249. The van der Waals surface area contributed by atoms with Gasteiger partial charge < -0.3 is 24.8 Å². The van der Waals surface area contributed by atoms with Crippen LogP contribution in [0.25, 0.3) is 5.82 Å². The molecule has 0 saturated carbocycles. The molecule has 2 aromatic heterocycles. The first-order valence-electron chi connectivity index (χ1n) is 9.67. The number of aryl methyl sites for hydroxylation is 1. The lowest BCUT2D eigenvalue weighted by molar-refractivity contribution is 0.174. The maximum Gasteiger partial charge on any atom is 0.229 e. The molecule has 1 aromatic carbocycles. The van der Waals surface area contributed by atoms with Crippen LogP contribution in [0.2, 0.25) is 0 Å². The Morgan fingerprint density at radius 2 is 2.13 bits per heavy atom. The molecule has 3 N–H and O–H groups in total. The average molecular weight is 413 g/mol. The highest BCUT2D eigenvalue weighted by Gasteiger charge is 2.21. The second-order valence-electron chi connectivity index (χ2n) is 7.46. The Bertz CT molecular complexity index is 1060. The van der Waals surface area contributed by atoms with Crippen LogP contribution in [-0.4, -0.2) is 56.0 Å². The molecule has 1 fully saturated rings. The number of aromatic hydroxyl groups is 1. The molecule has 1 aliphatic heterocycles. The predicted octanol–water partition coefficient (Wildman–Crippen LogP) is 2.74. The number of aliphatic hydroxyl groups excluding tert-OH is 1. The monoisotopic (exact) mass is 413 g/mol. The number of aliphatic hydroxyl groups is 1. The van der Waals surface area contributed by atoms with E-state index in [2.05, 4.69) is 20.2 Å². The molecule has 0 unspecified atom stereocenters. The summed E-state index contributed by atoms with van der Waals surface area (Å²) in [5.41, 5.74) is 2.58. The smallest absolute Gasteiger partial charge is 0.229 e. The van der Waals surface area contributed by atoms with Crippen LogP contribution in [0, 0.1) is 12.7 Å². The standard InChI is InChI=1S/C21H24FN5O3/c1-13-9-27(11-14(13)10-26-4-3-16(28)12-26)20-19(22)8-23-21(25-20)24-15-5-17(29)7-18(6-15)30-2/h5-9,11,16,28-29H,3-4,10,12H2,1-2H3,(H,23,24,25)/t16-/m1/s1. The van der Waals surface area contributed by atoms with Crippen LogP contribution < -0.4 is 10.1 Å². The van der Waals surface area contributed by atoms with Crippen LogP contribution in [0.15, 0.2) is 36.8 Å². The molecule has 0 spiro atoms. The van der Waals surface area contributed by atoms with E-state index in [0.29, 0.717) is 24.5 Å². The second-order valence-corrected chi connectivity index (χ2v) is 7.46. The first-order valence-corrected chi connectivity index (χ1v) is 9.67. The number of rotatable bonds is 6. The number of phenolic OH excluding ortho intramolecular Hbond substituents is 1. The van der Waals surface area contributed by atoms with E-state index in [9.17, 15) is 14.6 Å². The Morgan fingerprint density at radius 1 is 1.30 bits per heavy atom. The molecular weight excluding hydrogens is 389 g/mol. The molecular formula is C21H24FN5O3. The summed E-state index contributed by atoms with van der Waals surface area (Å²) in [6, 6.07) is 4.65. The minimum Gasteiger partial charge on any atom is -0.508 e. The summed E-state index contributed by atoms with van der Waals surface area (Å²) in [4.78, 5) is 10.5. The summed E-state index contributed by atoms with van der Waals surface area (Å²) in [6.45, 7) is 4.15.